The number of hydrogen-bond donors (Lipinski definition) is 2. The Labute approximate surface area is 119 Å². The standard InChI is InChI=1S/C15H22N4O/c1-2-3-10-6-19(8-13(10)20)7-11-4-5-12-14(11)17-9-18-15(12)16/h4,9-10,13,20H,2-3,5-8H2,1H3,(H2,16,17,18)/t10-,13+/m0/s1. The summed E-state index contributed by atoms with van der Waals surface area (Å²) < 4.78 is 0. The summed E-state index contributed by atoms with van der Waals surface area (Å²) >= 11 is 0. The molecule has 1 aliphatic heterocycles. The quantitative estimate of drug-likeness (QED) is 0.859. The molecule has 1 aromatic heterocycles. The Morgan fingerprint density at radius 3 is 3.05 bits per heavy atom. The summed E-state index contributed by atoms with van der Waals surface area (Å²) in [6.45, 7) is 4.76. The van der Waals surface area contributed by atoms with E-state index >= 15 is 0 Å². The van der Waals surface area contributed by atoms with Gasteiger partial charge in [0, 0.05) is 25.2 Å². The molecule has 108 valence electrons. The third-order valence-corrected chi connectivity index (χ3v) is 4.37. The van der Waals surface area contributed by atoms with Gasteiger partial charge in [0.15, 0.2) is 0 Å². The Balaban J connectivity index is 1.68. The van der Waals surface area contributed by atoms with Gasteiger partial charge >= 0.3 is 0 Å². The number of nitrogens with zero attached hydrogens (tertiary/aromatic N) is 3. The summed E-state index contributed by atoms with van der Waals surface area (Å²) in [6, 6.07) is 0. The Kier molecular flexibility index (Phi) is 3.72. The van der Waals surface area contributed by atoms with Gasteiger partial charge in [-0.25, -0.2) is 9.97 Å². The Morgan fingerprint density at radius 2 is 2.25 bits per heavy atom. The van der Waals surface area contributed by atoms with Crippen molar-refractivity contribution in [1.82, 2.24) is 14.9 Å². The van der Waals surface area contributed by atoms with Crippen LogP contribution in [0.4, 0.5) is 5.82 Å². The van der Waals surface area contributed by atoms with Gasteiger partial charge in [0.25, 0.3) is 0 Å². The minimum absolute atomic E-state index is 0.188. The molecule has 1 saturated heterocycles. The van der Waals surface area contributed by atoms with Crippen LogP contribution in [0, 0.1) is 5.92 Å². The molecule has 1 aliphatic carbocycles. The molecule has 20 heavy (non-hydrogen) atoms. The van der Waals surface area contributed by atoms with Crippen molar-refractivity contribution in [1.29, 1.82) is 0 Å². The van der Waals surface area contributed by atoms with E-state index in [1.54, 1.807) is 0 Å². The van der Waals surface area contributed by atoms with E-state index in [4.69, 9.17) is 5.73 Å². The highest BCUT2D eigenvalue weighted by Crippen LogP contribution is 2.30. The zero-order valence-corrected chi connectivity index (χ0v) is 11.9. The van der Waals surface area contributed by atoms with Gasteiger partial charge in [-0.1, -0.05) is 19.4 Å². The van der Waals surface area contributed by atoms with Crippen molar-refractivity contribution in [2.45, 2.75) is 32.3 Å². The minimum atomic E-state index is -0.188. The summed E-state index contributed by atoms with van der Waals surface area (Å²) in [6.07, 6.45) is 6.59. The molecule has 0 bridgehead atoms. The van der Waals surface area contributed by atoms with Crippen molar-refractivity contribution in [3.05, 3.63) is 23.7 Å². The summed E-state index contributed by atoms with van der Waals surface area (Å²) in [5.41, 5.74) is 9.15. The lowest BCUT2D eigenvalue weighted by molar-refractivity contribution is 0.138. The Bertz CT molecular complexity index is 529. The predicted octanol–water partition coefficient (Wildman–Crippen LogP) is 1.09. The van der Waals surface area contributed by atoms with Gasteiger partial charge in [0.2, 0.25) is 0 Å². The number of aliphatic hydroxyl groups excluding tert-OH is 1. The lowest BCUT2D eigenvalue weighted by Gasteiger charge is -2.16. The Hall–Kier alpha value is -1.46. The fraction of sp³-hybridized carbons (Fsp3) is 0.600. The summed E-state index contributed by atoms with van der Waals surface area (Å²) in [5.74, 6) is 1.00. The van der Waals surface area contributed by atoms with Crippen molar-refractivity contribution in [2.75, 3.05) is 25.4 Å². The van der Waals surface area contributed by atoms with Crippen LogP contribution in [0.3, 0.4) is 0 Å². The maximum atomic E-state index is 10.1. The van der Waals surface area contributed by atoms with Crippen LogP contribution in [0.1, 0.15) is 31.0 Å². The monoisotopic (exact) mass is 274 g/mol. The van der Waals surface area contributed by atoms with E-state index in [1.807, 2.05) is 0 Å². The number of likely N-dealkylation sites (tertiary alicyclic amines) is 1. The maximum Gasteiger partial charge on any atom is 0.130 e. The number of rotatable bonds is 4. The Morgan fingerprint density at radius 1 is 1.40 bits per heavy atom. The molecule has 2 aliphatic rings. The largest absolute Gasteiger partial charge is 0.391 e. The summed E-state index contributed by atoms with van der Waals surface area (Å²) in [5, 5.41) is 10.1. The molecule has 0 spiro atoms. The molecular formula is C15H22N4O. The van der Waals surface area contributed by atoms with E-state index in [-0.39, 0.29) is 6.10 Å². The van der Waals surface area contributed by atoms with Crippen molar-refractivity contribution in [2.24, 2.45) is 5.92 Å². The van der Waals surface area contributed by atoms with Gasteiger partial charge in [-0.15, -0.1) is 0 Å². The number of β-amino-alcohol motifs (C(OH)–C–C–N with tert-alkyl or cyclic N) is 1. The number of anilines is 1. The molecule has 3 N–H and O–H groups in total. The van der Waals surface area contributed by atoms with E-state index in [0.717, 1.165) is 50.2 Å². The number of aliphatic hydroxyl groups is 1. The number of hydrogen-bond acceptors (Lipinski definition) is 5. The van der Waals surface area contributed by atoms with Crippen LogP contribution in [0.5, 0.6) is 0 Å². The number of nitrogen functional groups attached to an aromatic ring is 1. The SMILES string of the molecule is CCC[C@H]1CN(CC2=CCc3c(N)ncnc32)C[C@H]1O. The van der Waals surface area contributed by atoms with Crippen LogP contribution >= 0.6 is 0 Å². The predicted molar refractivity (Wildman–Crippen MR) is 79.0 cm³/mol. The highest BCUT2D eigenvalue weighted by molar-refractivity contribution is 5.74. The highest BCUT2D eigenvalue weighted by atomic mass is 16.3. The second-order valence-corrected chi connectivity index (χ2v) is 5.83. The second kappa shape index (κ2) is 5.50. The van der Waals surface area contributed by atoms with Crippen LogP contribution in [-0.4, -0.2) is 45.7 Å². The molecule has 2 atom stereocenters. The lowest BCUT2D eigenvalue weighted by Crippen LogP contribution is -2.24. The molecule has 1 fully saturated rings. The van der Waals surface area contributed by atoms with Gasteiger partial charge in [-0.3, -0.25) is 4.90 Å². The van der Waals surface area contributed by atoms with Crippen LogP contribution in [0.25, 0.3) is 5.57 Å². The first-order valence-corrected chi connectivity index (χ1v) is 7.38. The third kappa shape index (κ3) is 2.43. The van der Waals surface area contributed by atoms with E-state index in [0.29, 0.717) is 11.7 Å². The van der Waals surface area contributed by atoms with E-state index in [2.05, 4.69) is 27.9 Å². The van der Waals surface area contributed by atoms with Gasteiger partial charge in [-0.2, -0.15) is 0 Å². The smallest absolute Gasteiger partial charge is 0.130 e. The number of nitrogens with two attached hydrogens (primary N) is 1. The van der Waals surface area contributed by atoms with Crippen molar-refractivity contribution >= 4 is 11.4 Å². The molecule has 0 amide bonds. The van der Waals surface area contributed by atoms with E-state index in [9.17, 15) is 5.11 Å². The van der Waals surface area contributed by atoms with Crippen LogP contribution in [0.15, 0.2) is 12.4 Å². The van der Waals surface area contributed by atoms with Crippen LogP contribution in [0.2, 0.25) is 0 Å². The first-order valence-electron chi connectivity index (χ1n) is 7.38. The molecule has 0 unspecified atom stereocenters. The topological polar surface area (TPSA) is 75.3 Å². The zero-order chi connectivity index (χ0) is 14.1. The maximum absolute atomic E-state index is 10.1. The summed E-state index contributed by atoms with van der Waals surface area (Å²) in [4.78, 5) is 10.7. The second-order valence-electron chi connectivity index (χ2n) is 5.83. The van der Waals surface area contributed by atoms with E-state index in [1.165, 1.54) is 11.9 Å². The lowest BCUT2D eigenvalue weighted by atomic mass is 10.0. The van der Waals surface area contributed by atoms with Crippen molar-refractivity contribution < 1.29 is 5.11 Å². The van der Waals surface area contributed by atoms with Crippen molar-refractivity contribution in [3.8, 4) is 0 Å². The zero-order valence-electron chi connectivity index (χ0n) is 11.9. The fourth-order valence-electron chi connectivity index (χ4n) is 3.33. The van der Waals surface area contributed by atoms with Gasteiger partial charge in [0.1, 0.15) is 12.1 Å². The molecule has 0 radical (unpaired) electrons. The number of aromatic nitrogens is 2. The number of fused-ring (bicyclic) bond motifs is 1. The molecule has 5 nitrogen and oxygen atoms in total. The normalized spacial score (nSPS) is 25.8. The first kappa shape index (κ1) is 13.5. The average molecular weight is 274 g/mol. The molecule has 3 rings (SSSR count). The van der Waals surface area contributed by atoms with Crippen molar-refractivity contribution in [3.63, 3.8) is 0 Å². The van der Waals surface area contributed by atoms with Crippen LogP contribution in [-0.2, 0) is 6.42 Å². The molecule has 1 aromatic rings. The average Bonchev–Trinajstić information content (AvgIpc) is 2.97. The van der Waals surface area contributed by atoms with Gasteiger partial charge in [-0.05, 0) is 24.3 Å². The highest BCUT2D eigenvalue weighted by Gasteiger charge is 2.31. The molecule has 5 heteroatoms. The summed E-state index contributed by atoms with van der Waals surface area (Å²) in [7, 11) is 0. The third-order valence-electron chi connectivity index (χ3n) is 4.37. The minimum Gasteiger partial charge on any atom is -0.391 e. The number of allylic oxidation sites excluding steroid dienone is 1. The van der Waals surface area contributed by atoms with Gasteiger partial charge < -0.3 is 10.8 Å². The molecular weight excluding hydrogens is 252 g/mol. The van der Waals surface area contributed by atoms with Crippen LogP contribution < -0.4 is 5.73 Å². The fourth-order valence-corrected chi connectivity index (χ4v) is 3.33. The molecule has 2 heterocycles. The first-order chi connectivity index (χ1) is 9.69. The molecule has 0 saturated carbocycles. The van der Waals surface area contributed by atoms with E-state index < -0.39 is 0 Å². The van der Waals surface area contributed by atoms with Gasteiger partial charge in [0.05, 0.1) is 11.8 Å². The molecule has 0 aromatic carbocycles.